The van der Waals surface area contributed by atoms with Crippen molar-refractivity contribution in [1.29, 1.82) is 0 Å². The number of esters is 1. The van der Waals surface area contributed by atoms with Gasteiger partial charge >= 0.3 is 5.97 Å². The second-order valence-corrected chi connectivity index (χ2v) is 5.92. The zero-order valence-electron chi connectivity index (χ0n) is 12.9. The molecule has 23 heavy (non-hydrogen) atoms. The van der Waals surface area contributed by atoms with Crippen LogP contribution >= 0.6 is 11.8 Å². The molecule has 4 nitrogen and oxygen atoms in total. The summed E-state index contributed by atoms with van der Waals surface area (Å²) in [6.45, 7) is 1.92. The number of amides is 1. The van der Waals surface area contributed by atoms with Crippen LogP contribution in [0.3, 0.4) is 0 Å². The van der Waals surface area contributed by atoms with E-state index < -0.39 is 11.2 Å². The summed E-state index contributed by atoms with van der Waals surface area (Å²) in [4.78, 5) is 24.9. The van der Waals surface area contributed by atoms with Gasteiger partial charge in [-0.15, -0.1) is 11.8 Å². The van der Waals surface area contributed by atoms with E-state index in [1.807, 2.05) is 60.7 Å². The average Bonchev–Trinajstić information content (AvgIpc) is 2.59. The first-order valence-electron chi connectivity index (χ1n) is 7.40. The maximum Gasteiger partial charge on any atom is 0.325 e. The minimum Gasteiger partial charge on any atom is -0.465 e. The zero-order chi connectivity index (χ0) is 16.5. The third-order valence-corrected chi connectivity index (χ3v) is 4.32. The Kier molecular flexibility index (Phi) is 6.69. The highest BCUT2D eigenvalue weighted by Gasteiger charge is 2.22. The van der Waals surface area contributed by atoms with Crippen molar-refractivity contribution >= 4 is 23.6 Å². The van der Waals surface area contributed by atoms with Crippen molar-refractivity contribution < 1.29 is 14.3 Å². The molecule has 0 unspecified atom stereocenters. The molecule has 0 aromatic heterocycles. The van der Waals surface area contributed by atoms with E-state index in [0.717, 1.165) is 10.5 Å². The monoisotopic (exact) mass is 329 g/mol. The maximum absolute atomic E-state index is 12.5. The first-order valence-corrected chi connectivity index (χ1v) is 8.28. The summed E-state index contributed by atoms with van der Waals surface area (Å²) in [5.41, 5.74) is 0.891. The Morgan fingerprint density at radius 2 is 1.65 bits per heavy atom. The molecular formula is C18H19NO3S. The Balaban J connectivity index is 2.10. The fraction of sp³-hybridized carbons (Fsp3) is 0.222. The van der Waals surface area contributed by atoms with Crippen molar-refractivity contribution in [2.24, 2.45) is 0 Å². The van der Waals surface area contributed by atoms with Crippen LogP contribution in [0.15, 0.2) is 65.6 Å². The number of thioether (sulfide) groups is 1. The smallest absolute Gasteiger partial charge is 0.325 e. The van der Waals surface area contributed by atoms with Crippen LogP contribution in [0.1, 0.15) is 17.7 Å². The Labute approximate surface area is 140 Å². The zero-order valence-corrected chi connectivity index (χ0v) is 13.7. The van der Waals surface area contributed by atoms with E-state index in [1.165, 1.54) is 11.8 Å². The van der Waals surface area contributed by atoms with Gasteiger partial charge in [0, 0.05) is 4.90 Å². The standard InChI is InChI=1S/C18H19NO3S/c1-2-22-16(20)13-19-18(21)17(14-9-5-3-6-10-14)23-15-11-7-4-8-12-15/h3-12,17H,2,13H2,1H3,(H,19,21)/t17-/m0/s1. The van der Waals surface area contributed by atoms with Gasteiger partial charge in [0.2, 0.25) is 5.91 Å². The fourth-order valence-electron chi connectivity index (χ4n) is 2.00. The lowest BCUT2D eigenvalue weighted by Gasteiger charge is -2.16. The van der Waals surface area contributed by atoms with E-state index in [2.05, 4.69) is 5.32 Å². The Morgan fingerprint density at radius 3 is 2.26 bits per heavy atom. The van der Waals surface area contributed by atoms with E-state index in [9.17, 15) is 9.59 Å². The van der Waals surface area contributed by atoms with Gasteiger partial charge in [0.1, 0.15) is 11.8 Å². The Bertz CT molecular complexity index is 631. The van der Waals surface area contributed by atoms with E-state index >= 15 is 0 Å². The molecule has 0 bridgehead atoms. The van der Waals surface area contributed by atoms with Crippen LogP contribution in [0.5, 0.6) is 0 Å². The second-order valence-electron chi connectivity index (χ2n) is 4.74. The van der Waals surface area contributed by atoms with Gasteiger partial charge in [-0.3, -0.25) is 9.59 Å². The number of nitrogens with one attached hydrogen (secondary N) is 1. The molecule has 2 aromatic rings. The maximum atomic E-state index is 12.5. The van der Waals surface area contributed by atoms with Crippen molar-refractivity contribution in [3.8, 4) is 0 Å². The van der Waals surface area contributed by atoms with Crippen molar-refractivity contribution in [2.45, 2.75) is 17.1 Å². The molecule has 0 aliphatic heterocycles. The second kappa shape index (κ2) is 9.00. The number of hydrogen-bond donors (Lipinski definition) is 1. The van der Waals surface area contributed by atoms with Crippen LogP contribution in [-0.4, -0.2) is 25.0 Å². The van der Waals surface area contributed by atoms with E-state index in [4.69, 9.17) is 4.74 Å². The summed E-state index contributed by atoms with van der Waals surface area (Å²) < 4.78 is 4.84. The SMILES string of the molecule is CCOC(=O)CNC(=O)[C@@H](Sc1ccccc1)c1ccccc1. The third-order valence-electron chi connectivity index (χ3n) is 3.05. The first-order chi connectivity index (χ1) is 11.2. The third kappa shape index (κ3) is 5.45. The van der Waals surface area contributed by atoms with Gasteiger partial charge in [-0.25, -0.2) is 0 Å². The molecule has 0 aliphatic carbocycles. The lowest BCUT2D eigenvalue weighted by Crippen LogP contribution is -2.33. The lowest BCUT2D eigenvalue weighted by molar-refractivity contribution is -0.143. The van der Waals surface area contributed by atoms with Gasteiger partial charge in [-0.2, -0.15) is 0 Å². The van der Waals surface area contributed by atoms with Crippen molar-refractivity contribution in [3.63, 3.8) is 0 Å². The molecule has 2 aromatic carbocycles. The molecule has 1 N–H and O–H groups in total. The number of carbonyl (C=O) groups is 2. The highest BCUT2D eigenvalue weighted by atomic mass is 32.2. The molecule has 0 heterocycles. The number of rotatable bonds is 7. The number of hydrogen-bond acceptors (Lipinski definition) is 4. The molecule has 0 aliphatic rings. The van der Waals surface area contributed by atoms with Crippen molar-refractivity contribution in [2.75, 3.05) is 13.2 Å². The van der Waals surface area contributed by atoms with Crippen LogP contribution in [0.25, 0.3) is 0 Å². The minimum absolute atomic E-state index is 0.120. The quantitative estimate of drug-likeness (QED) is 0.626. The number of ether oxygens (including phenoxy) is 1. The summed E-state index contributed by atoms with van der Waals surface area (Å²) in [7, 11) is 0. The largest absolute Gasteiger partial charge is 0.465 e. The van der Waals surface area contributed by atoms with Crippen LogP contribution in [0, 0.1) is 0 Å². The number of benzene rings is 2. The van der Waals surface area contributed by atoms with Gasteiger partial charge in [-0.1, -0.05) is 48.5 Å². The van der Waals surface area contributed by atoms with Crippen LogP contribution in [-0.2, 0) is 14.3 Å². The van der Waals surface area contributed by atoms with Gasteiger partial charge in [0.05, 0.1) is 6.61 Å². The Hall–Kier alpha value is -2.27. The van der Waals surface area contributed by atoms with Crippen molar-refractivity contribution in [1.82, 2.24) is 5.32 Å². The minimum atomic E-state index is -0.433. The highest BCUT2D eigenvalue weighted by Crippen LogP contribution is 2.35. The van der Waals surface area contributed by atoms with Crippen LogP contribution in [0.2, 0.25) is 0 Å². The molecule has 1 amide bonds. The molecule has 1 atom stereocenters. The molecule has 0 spiro atoms. The normalized spacial score (nSPS) is 11.5. The average molecular weight is 329 g/mol. The molecule has 0 saturated heterocycles. The lowest BCUT2D eigenvalue weighted by atomic mass is 10.1. The summed E-state index contributed by atoms with van der Waals surface area (Å²) in [5.74, 6) is -0.643. The Morgan fingerprint density at radius 1 is 1.04 bits per heavy atom. The fourth-order valence-corrected chi connectivity index (χ4v) is 3.07. The molecule has 0 radical (unpaired) electrons. The van der Waals surface area contributed by atoms with E-state index in [1.54, 1.807) is 6.92 Å². The summed E-state index contributed by atoms with van der Waals surface area (Å²) in [6.07, 6.45) is 0. The highest BCUT2D eigenvalue weighted by molar-refractivity contribution is 8.00. The predicted octanol–water partition coefficient (Wildman–Crippen LogP) is 3.20. The summed E-state index contributed by atoms with van der Waals surface area (Å²) in [6, 6.07) is 19.2. The molecule has 2 rings (SSSR count). The first kappa shape index (κ1) is 17.1. The molecule has 0 fully saturated rings. The van der Waals surface area contributed by atoms with Gasteiger partial charge in [0.15, 0.2) is 0 Å². The topological polar surface area (TPSA) is 55.4 Å². The molecule has 5 heteroatoms. The predicted molar refractivity (Wildman–Crippen MR) is 91.1 cm³/mol. The van der Waals surface area contributed by atoms with Gasteiger partial charge in [-0.05, 0) is 24.6 Å². The molecule has 120 valence electrons. The summed E-state index contributed by atoms with van der Waals surface area (Å²) in [5, 5.41) is 2.23. The van der Waals surface area contributed by atoms with E-state index in [-0.39, 0.29) is 12.5 Å². The van der Waals surface area contributed by atoms with Crippen LogP contribution < -0.4 is 5.32 Å². The number of carbonyl (C=O) groups excluding carboxylic acids is 2. The summed E-state index contributed by atoms with van der Waals surface area (Å²) >= 11 is 1.45. The molecule has 0 saturated carbocycles. The van der Waals surface area contributed by atoms with Crippen molar-refractivity contribution in [3.05, 3.63) is 66.2 Å². The van der Waals surface area contributed by atoms with E-state index in [0.29, 0.717) is 6.61 Å². The van der Waals surface area contributed by atoms with Crippen LogP contribution in [0.4, 0.5) is 0 Å². The van der Waals surface area contributed by atoms with Gasteiger partial charge < -0.3 is 10.1 Å². The van der Waals surface area contributed by atoms with Gasteiger partial charge in [0.25, 0.3) is 0 Å². The molecular weight excluding hydrogens is 310 g/mol.